The zero-order valence-electron chi connectivity index (χ0n) is 19.3. The highest BCUT2D eigenvalue weighted by atomic mass is 16.2. The minimum atomic E-state index is -0.756. The van der Waals surface area contributed by atoms with Gasteiger partial charge in [-0.1, -0.05) is 44.2 Å². The van der Waals surface area contributed by atoms with Crippen LogP contribution in [0.25, 0.3) is 0 Å². The summed E-state index contributed by atoms with van der Waals surface area (Å²) < 4.78 is 0. The van der Waals surface area contributed by atoms with Gasteiger partial charge in [-0.05, 0) is 31.4 Å². The van der Waals surface area contributed by atoms with E-state index in [1.165, 1.54) is 11.9 Å². The van der Waals surface area contributed by atoms with Crippen molar-refractivity contribution >= 4 is 23.6 Å². The Morgan fingerprint density at radius 3 is 2.34 bits per heavy atom. The molecular weight excluding hydrogens is 410 g/mol. The summed E-state index contributed by atoms with van der Waals surface area (Å²) in [4.78, 5) is 52.2. The van der Waals surface area contributed by atoms with Crippen LogP contribution in [0.4, 0.5) is 0 Å². The summed E-state index contributed by atoms with van der Waals surface area (Å²) in [6.45, 7) is 6.12. The van der Waals surface area contributed by atoms with Crippen molar-refractivity contribution in [2.45, 2.75) is 51.7 Å². The fraction of sp³-hybridized carbons (Fsp3) is 0.565. The molecule has 0 unspecified atom stereocenters. The van der Waals surface area contributed by atoms with Crippen molar-refractivity contribution in [2.75, 3.05) is 26.7 Å². The van der Waals surface area contributed by atoms with Crippen LogP contribution in [0.1, 0.15) is 32.8 Å². The normalized spacial score (nSPS) is 24.7. The molecule has 1 aromatic rings. The Labute approximate surface area is 189 Å². The maximum Gasteiger partial charge on any atom is 0.245 e. The SMILES string of the molecule is CC(C)[C@@H]1NC(=O)[C@@H](C)NCCCNC(=O)[C@H](Cc2ccccc2)NC(=O)CN(C)C1=O. The van der Waals surface area contributed by atoms with Crippen molar-refractivity contribution in [1.82, 2.24) is 26.2 Å². The molecule has 9 nitrogen and oxygen atoms in total. The van der Waals surface area contributed by atoms with Crippen molar-refractivity contribution in [3.05, 3.63) is 35.9 Å². The standard InChI is InChI=1S/C23H35N5O4/c1-15(2)20-23(32)28(4)14-19(29)26-18(13-17-9-6-5-7-10-17)22(31)25-12-8-11-24-16(3)21(30)27-20/h5-7,9-10,15-16,18,20,24H,8,11-14H2,1-4H3,(H,25,31)(H,26,29)(H,27,30)/t16-,18+,20+/m1/s1. The lowest BCUT2D eigenvalue weighted by Gasteiger charge is -2.28. The van der Waals surface area contributed by atoms with Gasteiger partial charge in [0.15, 0.2) is 0 Å². The van der Waals surface area contributed by atoms with Crippen molar-refractivity contribution in [2.24, 2.45) is 5.92 Å². The van der Waals surface area contributed by atoms with Crippen LogP contribution in [0, 0.1) is 5.92 Å². The van der Waals surface area contributed by atoms with Crippen LogP contribution in [0.15, 0.2) is 30.3 Å². The molecular formula is C23H35N5O4. The molecule has 0 radical (unpaired) electrons. The van der Waals surface area contributed by atoms with Crippen molar-refractivity contribution in [3.8, 4) is 0 Å². The molecule has 4 N–H and O–H groups in total. The Hall–Kier alpha value is -2.94. The molecule has 1 heterocycles. The average Bonchev–Trinajstić information content (AvgIpc) is 2.75. The number of hydrogen-bond donors (Lipinski definition) is 4. The largest absolute Gasteiger partial charge is 0.354 e. The van der Waals surface area contributed by atoms with E-state index in [0.717, 1.165) is 5.56 Å². The van der Waals surface area contributed by atoms with Gasteiger partial charge in [0.1, 0.15) is 12.1 Å². The van der Waals surface area contributed by atoms with Gasteiger partial charge >= 0.3 is 0 Å². The first-order valence-corrected chi connectivity index (χ1v) is 11.1. The van der Waals surface area contributed by atoms with Crippen molar-refractivity contribution < 1.29 is 19.2 Å². The van der Waals surface area contributed by atoms with Gasteiger partial charge < -0.3 is 26.2 Å². The van der Waals surface area contributed by atoms with E-state index >= 15 is 0 Å². The van der Waals surface area contributed by atoms with Gasteiger partial charge in [-0.3, -0.25) is 19.2 Å². The van der Waals surface area contributed by atoms with Crippen LogP contribution in [0.3, 0.4) is 0 Å². The molecule has 1 aromatic carbocycles. The summed E-state index contributed by atoms with van der Waals surface area (Å²) in [5.41, 5.74) is 0.921. The predicted molar refractivity (Wildman–Crippen MR) is 122 cm³/mol. The molecule has 0 saturated carbocycles. The molecule has 2 rings (SSSR count). The van der Waals surface area contributed by atoms with Gasteiger partial charge in [0.05, 0.1) is 12.6 Å². The highest BCUT2D eigenvalue weighted by Gasteiger charge is 2.30. The summed E-state index contributed by atoms with van der Waals surface area (Å²) in [7, 11) is 1.51. The summed E-state index contributed by atoms with van der Waals surface area (Å²) in [5, 5.41) is 11.5. The molecule has 176 valence electrons. The average molecular weight is 446 g/mol. The summed E-state index contributed by atoms with van der Waals surface area (Å²) in [6.07, 6.45) is 0.959. The second-order valence-corrected chi connectivity index (χ2v) is 8.55. The number of nitrogens with zero attached hydrogens (tertiary/aromatic N) is 1. The van der Waals surface area contributed by atoms with Gasteiger partial charge in [-0.15, -0.1) is 0 Å². The van der Waals surface area contributed by atoms with Crippen LogP contribution >= 0.6 is 0 Å². The van der Waals surface area contributed by atoms with E-state index in [9.17, 15) is 19.2 Å². The van der Waals surface area contributed by atoms with Crippen LogP contribution < -0.4 is 21.3 Å². The quantitative estimate of drug-likeness (QED) is 0.514. The second kappa shape index (κ2) is 12.2. The Bertz CT molecular complexity index is 799. The van der Waals surface area contributed by atoms with E-state index in [0.29, 0.717) is 25.9 Å². The van der Waals surface area contributed by atoms with E-state index in [1.807, 2.05) is 44.2 Å². The Kier molecular flexibility index (Phi) is 9.64. The minimum absolute atomic E-state index is 0.153. The molecule has 0 aromatic heterocycles. The number of amides is 4. The molecule has 4 amide bonds. The van der Waals surface area contributed by atoms with Crippen LogP contribution in [-0.4, -0.2) is 73.3 Å². The first-order chi connectivity index (χ1) is 15.2. The number of carbonyl (C=O) groups is 4. The molecule has 1 fully saturated rings. The van der Waals surface area contributed by atoms with E-state index < -0.39 is 24.0 Å². The van der Waals surface area contributed by atoms with Gasteiger partial charge in [-0.25, -0.2) is 0 Å². The van der Waals surface area contributed by atoms with Crippen molar-refractivity contribution in [1.29, 1.82) is 0 Å². The molecule has 0 spiro atoms. The minimum Gasteiger partial charge on any atom is -0.354 e. The molecule has 9 heteroatoms. The van der Waals surface area contributed by atoms with Crippen LogP contribution in [0.2, 0.25) is 0 Å². The third kappa shape index (κ3) is 7.64. The highest BCUT2D eigenvalue weighted by molar-refractivity contribution is 5.93. The van der Waals surface area contributed by atoms with Crippen LogP contribution in [0.5, 0.6) is 0 Å². The van der Waals surface area contributed by atoms with E-state index in [2.05, 4.69) is 21.3 Å². The summed E-state index contributed by atoms with van der Waals surface area (Å²) >= 11 is 0. The first kappa shape index (κ1) is 25.3. The number of carbonyl (C=O) groups excluding carboxylic acids is 4. The molecule has 0 bridgehead atoms. The zero-order valence-corrected chi connectivity index (χ0v) is 19.3. The third-order valence-electron chi connectivity index (χ3n) is 5.42. The van der Waals surface area contributed by atoms with E-state index in [-0.39, 0.29) is 30.2 Å². The van der Waals surface area contributed by atoms with E-state index in [1.54, 1.807) is 6.92 Å². The third-order valence-corrected chi connectivity index (χ3v) is 5.42. The monoisotopic (exact) mass is 445 g/mol. The maximum atomic E-state index is 12.9. The number of rotatable bonds is 3. The summed E-state index contributed by atoms with van der Waals surface area (Å²) in [5.74, 6) is -1.51. The Balaban J connectivity index is 2.20. The fourth-order valence-electron chi connectivity index (χ4n) is 3.46. The van der Waals surface area contributed by atoms with Crippen LogP contribution in [-0.2, 0) is 25.6 Å². The molecule has 0 aliphatic carbocycles. The number of benzene rings is 1. The zero-order chi connectivity index (χ0) is 23.7. The molecule has 1 aliphatic heterocycles. The lowest BCUT2D eigenvalue weighted by molar-refractivity contribution is -0.140. The topological polar surface area (TPSA) is 120 Å². The number of nitrogens with one attached hydrogen (secondary N) is 4. The maximum absolute atomic E-state index is 12.9. The van der Waals surface area contributed by atoms with Gasteiger partial charge in [-0.2, -0.15) is 0 Å². The van der Waals surface area contributed by atoms with Gasteiger partial charge in [0.2, 0.25) is 23.6 Å². The lowest BCUT2D eigenvalue weighted by Crippen LogP contribution is -2.56. The Morgan fingerprint density at radius 2 is 1.69 bits per heavy atom. The highest BCUT2D eigenvalue weighted by Crippen LogP contribution is 2.07. The lowest BCUT2D eigenvalue weighted by atomic mass is 10.0. The van der Waals surface area contributed by atoms with Crippen molar-refractivity contribution in [3.63, 3.8) is 0 Å². The smallest absolute Gasteiger partial charge is 0.245 e. The molecule has 1 aliphatic rings. The Morgan fingerprint density at radius 1 is 1.00 bits per heavy atom. The molecule has 1 saturated heterocycles. The molecule has 3 atom stereocenters. The van der Waals surface area contributed by atoms with Gasteiger partial charge in [0, 0.05) is 20.0 Å². The number of hydrogen-bond acceptors (Lipinski definition) is 5. The first-order valence-electron chi connectivity index (χ1n) is 11.1. The molecule has 32 heavy (non-hydrogen) atoms. The number of likely N-dealkylation sites (N-methyl/N-ethyl adjacent to an activating group) is 1. The second-order valence-electron chi connectivity index (χ2n) is 8.55. The predicted octanol–water partition coefficient (Wildman–Crippen LogP) is -0.189. The summed E-state index contributed by atoms with van der Waals surface area (Å²) in [6, 6.07) is 7.44. The van der Waals surface area contributed by atoms with E-state index in [4.69, 9.17) is 0 Å². The van der Waals surface area contributed by atoms with Gasteiger partial charge in [0.25, 0.3) is 0 Å². The fourth-order valence-corrected chi connectivity index (χ4v) is 3.46.